The number of nitro benzene ring substituents is 1. The maximum Gasteiger partial charge on any atom is 0.273 e. The summed E-state index contributed by atoms with van der Waals surface area (Å²) in [6.45, 7) is 1.07. The topological polar surface area (TPSA) is 130 Å². The Bertz CT molecular complexity index is 928. The summed E-state index contributed by atoms with van der Waals surface area (Å²) in [5.41, 5.74) is 0.253. The molecule has 1 fully saturated rings. The number of hydrogen-bond donors (Lipinski definition) is 1. The minimum Gasteiger partial charge on any atom is -0.341 e. The number of carbonyl (C=O) groups excluding carboxylic acids is 1. The predicted molar refractivity (Wildman–Crippen MR) is 95.3 cm³/mol. The second kappa shape index (κ2) is 7.84. The zero-order valence-electron chi connectivity index (χ0n) is 14.4. The van der Waals surface area contributed by atoms with Crippen LogP contribution in [-0.2, 0) is 21.2 Å². The first-order valence-electron chi connectivity index (χ1n) is 8.38. The summed E-state index contributed by atoms with van der Waals surface area (Å²) in [5.74, 6) is -0.259. The third-order valence-corrected chi connectivity index (χ3v) is 6.25. The van der Waals surface area contributed by atoms with Crippen LogP contribution >= 0.6 is 0 Å². The minimum absolute atomic E-state index is 0.0159. The van der Waals surface area contributed by atoms with Crippen molar-refractivity contribution in [3.8, 4) is 0 Å². The number of nitrogens with zero attached hydrogens (tertiary/aromatic N) is 4. The normalized spacial score (nSPS) is 16.1. The van der Waals surface area contributed by atoms with E-state index in [2.05, 4.69) is 9.97 Å². The number of nitrogens with one attached hydrogen (secondary N) is 1. The monoisotopic (exact) mass is 393 g/mol. The number of aromatic nitrogens is 2. The average Bonchev–Trinajstić information content (AvgIpc) is 3.07. The van der Waals surface area contributed by atoms with Gasteiger partial charge in [-0.15, -0.1) is 0 Å². The summed E-state index contributed by atoms with van der Waals surface area (Å²) in [4.78, 5) is 31.1. The SMILES string of the molecule is O=C(Cc1ccccc1[N+](=O)[O-])N1CCCN(S(=O)(=O)c2cnc[nH]2)CC1. The van der Waals surface area contributed by atoms with Crippen molar-refractivity contribution in [2.75, 3.05) is 26.2 Å². The number of hydrogen-bond acceptors (Lipinski definition) is 6. The van der Waals surface area contributed by atoms with E-state index in [1.165, 1.54) is 22.9 Å². The zero-order valence-corrected chi connectivity index (χ0v) is 15.3. The van der Waals surface area contributed by atoms with Crippen molar-refractivity contribution in [3.63, 3.8) is 0 Å². The van der Waals surface area contributed by atoms with Crippen LogP contribution < -0.4 is 0 Å². The lowest BCUT2D eigenvalue weighted by atomic mass is 10.1. The van der Waals surface area contributed by atoms with Gasteiger partial charge in [-0.25, -0.2) is 13.4 Å². The summed E-state index contributed by atoms with van der Waals surface area (Å²) in [7, 11) is -3.68. The van der Waals surface area contributed by atoms with Gasteiger partial charge in [-0.3, -0.25) is 14.9 Å². The molecule has 1 N–H and O–H groups in total. The van der Waals surface area contributed by atoms with Crippen LogP contribution in [0.5, 0.6) is 0 Å². The van der Waals surface area contributed by atoms with E-state index < -0.39 is 14.9 Å². The van der Waals surface area contributed by atoms with E-state index in [4.69, 9.17) is 0 Å². The Morgan fingerprint density at radius 2 is 2.00 bits per heavy atom. The highest BCUT2D eigenvalue weighted by atomic mass is 32.2. The summed E-state index contributed by atoms with van der Waals surface area (Å²) < 4.78 is 26.4. The molecule has 0 atom stereocenters. The molecule has 0 unspecified atom stereocenters. The highest BCUT2D eigenvalue weighted by Crippen LogP contribution is 2.20. The van der Waals surface area contributed by atoms with Crippen molar-refractivity contribution in [2.24, 2.45) is 0 Å². The number of nitro groups is 1. The molecule has 1 aliphatic rings. The van der Waals surface area contributed by atoms with Gasteiger partial charge in [0.1, 0.15) is 0 Å². The number of H-pyrrole nitrogens is 1. The predicted octanol–water partition coefficient (Wildman–Crippen LogP) is 0.784. The number of sulfonamides is 1. The van der Waals surface area contributed by atoms with E-state index in [1.54, 1.807) is 23.1 Å². The minimum atomic E-state index is -3.68. The average molecular weight is 393 g/mol. The molecule has 0 aliphatic carbocycles. The summed E-state index contributed by atoms with van der Waals surface area (Å²) in [6.07, 6.45) is 2.94. The van der Waals surface area contributed by atoms with E-state index in [9.17, 15) is 23.3 Å². The summed E-state index contributed by atoms with van der Waals surface area (Å²) in [6, 6.07) is 6.12. The lowest BCUT2D eigenvalue weighted by Gasteiger charge is -2.21. The van der Waals surface area contributed by atoms with Gasteiger partial charge in [0.15, 0.2) is 5.03 Å². The van der Waals surface area contributed by atoms with E-state index in [0.717, 1.165) is 0 Å². The van der Waals surface area contributed by atoms with Crippen molar-refractivity contribution in [2.45, 2.75) is 17.9 Å². The fourth-order valence-corrected chi connectivity index (χ4v) is 4.39. The van der Waals surface area contributed by atoms with Crippen LogP contribution in [0.2, 0.25) is 0 Å². The van der Waals surface area contributed by atoms with Gasteiger partial charge in [-0.2, -0.15) is 4.31 Å². The molecule has 0 saturated carbocycles. The van der Waals surface area contributed by atoms with Gasteiger partial charge in [0.05, 0.1) is 23.9 Å². The van der Waals surface area contributed by atoms with Crippen molar-refractivity contribution in [3.05, 3.63) is 52.5 Å². The lowest BCUT2D eigenvalue weighted by molar-refractivity contribution is -0.385. The molecular weight excluding hydrogens is 374 g/mol. The molecule has 1 aromatic heterocycles. The van der Waals surface area contributed by atoms with Gasteiger partial charge in [-0.1, -0.05) is 18.2 Å². The van der Waals surface area contributed by atoms with Crippen LogP contribution in [0.3, 0.4) is 0 Å². The highest BCUT2D eigenvalue weighted by Gasteiger charge is 2.29. The van der Waals surface area contributed by atoms with Gasteiger partial charge in [0, 0.05) is 37.8 Å². The smallest absolute Gasteiger partial charge is 0.273 e. The Balaban J connectivity index is 1.68. The first-order chi connectivity index (χ1) is 12.9. The fourth-order valence-electron chi connectivity index (χ4n) is 3.02. The second-order valence-corrected chi connectivity index (χ2v) is 8.02. The molecule has 11 heteroatoms. The molecule has 2 heterocycles. The van der Waals surface area contributed by atoms with Gasteiger partial charge >= 0.3 is 0 Å². The first kappa shape index (κ1) is 19.0. The molecule has 3 rings (SSSR count). The van der Waals surface area contributed by atoms with Gasteiger partial charge < -0.3 is 9.88 Å². The van der Waals surface area contributed by atoms with Crippen LogP contribution in [0.1, 0.15) is 12.0 Å². The van der Waals surface area contributed by atoms with Crippen LogP contribution in [0.15, 0.2) is 41.8 Å². The maximum atomic E-state index is 12.6. The zero-order chi connectivity index (χ0) is 19.4. The number of aromatic amines is 1. The molecule has 27 heavy (non-hydrogen) atoms. The van der Waals surface area contributed by atoms with Crippen molar-refractivity contribution in [1.82, 2.24) is 19.2 Å². The number of carbonyl (C=O) groups is 1. The Hall–Kier alpha value is -2.79. The van der Waals surface area contributed by atoms with Crippen LogP contribution in [0.25, 0.3) is 0 Å². The number of benzene rings is 1. The van der Waals surface area contributed by atoms with Crippen LogP contribution in [-0.4, -0.2) is 64.6 Å². The van der Waals surface area contributed by atoms with Crippen molar-refractivity contribution in [1.29, 1.82) is 0 Å². The highest BCUT2D eigenvalue weighted by molar-refractivity contribution is 7.89. The third kappa shape index (κ3) is 4.14. The quantitative estimate of drug-likeness (QED) is 0.590. The molecule has 1 amide bonds. The van der Waals surface area contributed by atoms with E-state index in [-0.39, 0.29) is 42.7 Å². The maximum absolute atomic E-state index is 12.6. The Morgan fingerprint density at radius 3 is 2.70 bits per heavy atom. The summed E-state index contributed by atoms with van der Waals surface area (Å²) >= 11 is 0. The first-order valence-corrected chi connectivity index (χ1v) is 9.82. The number of amides is 1. The van der Waals surface area contributed by atoms with Crippen LogP contribution in [0.4, 0.5) is 5.69 Å². The van der Waals surface area contributed by atoms with E-state index in [1.807, 2.05) is 0 Å². The third-order valence-electron chi connectivity index (χ3n) is 4.43. The molecule has 0 spiro atoms. The molecule has 1 aromatic carbocycles. The lowest BCUT2D eigenvalue weighted by Crippen LogP contribution is -2.38. The van der Waals surface area contributed by atoms with Crippen molar-refractivity contribution < 1.29 is 18.1 Å². The Kier molecular flexibility index (Phi) is 5.51. The number of para-hydroxylation sites is 1. The molecule has 2 aromatic rings. The molecule has 0 bridgehead atoms. The van der Waals surface area contributed by atoms with Crippen LogP contribution in [0, 0.1) is 10.1 Å². The Morgan fingerprint density at radius 1 is 1.22 bits per heavy atom. The van der Waals surface area contributed by atoms with E-state index >= 15 is 0 Å². The van der Waals surface area contributed by atoms with Gasteiger partial charge in [0.25, 0.3) is 15.7 Å². The largest absolute Gasteiger partial charge is 0.341 e. The second-order valence-electron chi connectivity index (χ2n) is 6.12. The standard InChI is InChI=1S/C16H19N5O5S/c22-16(10-13-4-1-2-5-14(13)21(23)24)19-6-3-7-20(9-8-19)27(25,26)15-11-17-12-18-15/h1-2,4-5,11-12H,3,6-10H2,(H,17,18). The molecular formula is C16H19N5O5S. The molecule has 1 aliphatic heterocycles. The van der Waals surface area contributed by atoms with Crippen molar-refractivity contribution >= 4 is 21.6 Å². The van der Waals surface area contributed by atoms with Gasteiger partial charge in [0.2, 0.25) is 5.91 Å². The molecule has 0 radical (unpaired) electrons. The molecule has 1 saturated heterocycles. The number of imidazole rings is 1. The molecule has 144 valence electrons. The molecule has 10 nitrogen and oxygen atoms in total. The number of rotatable bonds is 5. The van der Waals surface area contributed by atoms with E-state index in [0.29, 0.717) is 18.5 Å². The Labute approximate surface area is 156 Å². The fraction of sp³-hybridized carbons (Fsp3) is 0.375. The summed E-state index contributed by atoms with van der Waals surface area (Å²) in [5, 5.41) is 11.1. The van der Waals surface area contributed by atoms with Gasteiger partial charge in [-0.05, 0) is 6.42 Å².